The molecule has 18 heavy (non-hydrogen) atoms. The van der Waals surface area contributed by atoms with Gasteiger partial charge in [-0.3, -0.25) is 0 Å². The van der Waals surface area contributed by atoms with E-state index in [9.17, 15) is 0 Å². The molecule has 1 aliphatic heterocycles. The minimum absolute atomic E-state index is 0.467. The molecule has 2 rings (SSSR count). The van der Waals surface area contributed by atoms with Crippen LogP contribution in [0.5, 0.6) is 0 Å². The van der Waals surface area contributed by atoms with Crippen LogP contribution in [0.15, 0.2) is 10.7 Å². The summed E-state index contributed by atoms with van der Waals surface area (Å²) in [6.07, 6.45) is 4.22. The second kappa shape index (κ2) is 6.33. The Morgan fingerprint density at radius 3 is 3.11 bits per heavy atom. The van der Waals surface area contributed by atoms with E-state index in [1.165, 1.54) is 19.4 Å². The van der Waals surface area contributed by atoms with Crippen LogP contribution in [-0.4, -0.2) is 47.6 Å². The molecule has 1 aromatic heterocycles. The summed E-state index contributed by atoms with van der Waals surface area (Å²) in [5, 5.41) is 6.47. The van der Waals surface area contributed by atoms with Gasteiger partial charge in [0.1, 0.15) is 5.82 Å². The van der Waals surface area contributed by atoms with Crippen LogP contribution >= 0.6 is 15.9 Å². The zero-order chi connectivity index (χ0) is 13.0. The second-order valence-electron chi connectivity index (χ2n) is 4.52. The summed E-state index contributed by atoms with van der Waals surface area (Å²) in [5.74, 6) is 1.51. The van der Waals surface area contributed by atoms with Gasteiger partial charge in [-0.25, -0.2) is 4.98 Å². The number of likely N-dealkylation sites (tertiary alicyclic amines) is 1. The number of aromatic nitrogens is 2. The van der Waals surface area contributed by atoms with Gasteiger partial charge in [0.05, 0.1) is 4.47 Å². The summed E-state index contributed by atoms with van der Waals surface area (Å²) in [6.45, 7) is 5.62. The molecule has 6 heteroatoms. The first-order valence-electron chi connectivity index (χ1n) is 6.42. The average molecular weight is 314 g/mol. The molecule has 5 nitrogen and oxygen atoms in total. The smallest absolute Gasteiger partial charge is 0.224 e. The highest BCUT2D eigenvalue weighted by Gasteiger charge is 2.19. The third kappa shape index (κ3) is 3.32. The first-order valence-corrected chi connectivity index (χ1v) is 7.21. The maximum absolute atomic E-state index is 4.44. The van der Waals surface area contributed by atoms with Crippen LogP contribution in [0.3, 0.4) is 0 Å². The quantitative estimate of drug-likeness (QED) is 0.892. The van der Waals surface area contributed by atoms with Gasteiger partial charge in [-0.15, -0.1) is 0 Å². The zero-order valence-corrected chi connectivity index (χ0v) is 12.5. The monoisotopic (exact) mass is 313 g/mol. The summed E-state index contributed by atoms with van der Waals surface area (Å²) in [7, 11) is 1.83. The Balaban J connectivity index is 2.04. The Morgan fingerprint density at radius 2 is 2.39 bits per heavy atom. The van der Waals surface area contributed by atoms with E-state index in [0.29, 0.717) is 12.0 Å². The predicted octanol–water partition coefficient (Wildman–Crippen LogP) is 2.18. The molecular formula is C12H20BrN5. The Morgan fingerprint density at radius 1 is 1.56 bits per heavy atom. The van der Waals surface area contributed by atoms with Gasteiger partial charge >= 0.3 is 0 Å². The molecule has 0 aromatic carbocycles. The molecule has 1 fully saturated rings. The first-order chi connectivity index (χ1) is 8.72. The number of rotatable bonds is 4. The Kier molecular flexibility index (Phi) is 4.77. The van der Waals surface area contributed by atoms with Crippen molar-refractivity contribution in [3.8, 4) is 0 Å². The molecule has 0 amide bonds. The minimum atomic E-state index is 0.467. The zero-order valence-electron chi connectivity index (χ0n) is 10.9. The molecule has 1 aromatic rings. The fraction of sp³-hybridized carbons (Fsp3) is 0.667. The number of piperidine rings is 1. The van der Waals surface area contributed by atoms with E-state index >= 15 is 0 Å². The number of halogens is 1. The van der Waals surface area contributed by atoms with Gasteiger partial charge in [0, 0.05) is 25.8 Å². The van der Waals surface area contributed by atoms with E-state index in [4.69, 9.17) is 0 Å². The van der Waals surface area contributed by atoms with Crippen LogP contribution in [0, 0.1) is 0 Å². The van der Waals surface area contributed by atoms with Crippen molar-refractivity contribution >= 4 is 27.7 Å². The van der Waals surface area contributed by atoms with Gasteiger partial charge in [0.2, 0.25) is 5.95 Å². The maximum Gasteiger partial charge on any atom is 0.224 e. The summed E-state index contributed by atoms with van der Waals surface area (Å²) in [6, 6.07) is 0.467. The maximum atomic E-state index is 4.44. The van der Waals surface area contributed by atoms with Crippen LogP contribution in [0.2, 0.25) is 0 Å². The average Bonchev–Trinajstić information content (AvgIpc) is 2.41. The largest absolute Gasteiger partial charge is 0.365 e. The van der Waals surface area contributed by atoms with Crippen molar-refractivity contribution < 1.29 is 0 Å². The third-order valence-electron chi connectivity index (χ3n) is 3.26. The molecule has 100 valence electrons. The molecule has 1 atom stereocenters. The van der Waals surface area contributed by atoms with Crippen LogP contribution in [-0.2, 0) is 0 Å². The van der Waals surface area contributed by atoms with Crippen LogP contribution in [0.1, 0.15) is 19.8 Å². The van der Waals surface area contributed by atoms with Gasteiger partial charge in [-0.05, 0) is 41.9 Å². The lowest BCUT2D eigenvalue weighted by Crippen LogP contribution is -2.42. The van der Waals surface area contributed by atoms with Crippen molar-refractivity contribution in [1.29, 1.82) is 0 Å². The number of hydrogen-bond donors (Lipinski definition) is 2. The molecule has 0 spiro atoms. The van der Waals surface area contributed by atoms with Crippen molar-refractivity contribution in [2.75, 3.05) is 37.3 Å². The highest BCUT2D eigenvalue weighted by Crippen LogP contribution is 2.23. The van der Waals surface area contributed by atoms with Gasteiger partial charge in [-0.1, -0.05) is 6.92 Å². The minimum Gasteiger partial charge on any atom is -0.365 e. The standard InChI is InChI=1S/C12H20BrN5/c1-3-18-6-4-5-9(8-18)16-11-10(13)7-15-12(14-2)17-11/h7,9H,3-6,8H2,1-2H3,(H2,14,15,16,17). The molecule has 1 aliphatic rings. The number of likely N-dealkylation sites (N-methyl/N-ethyl adjacent to an activating group) is 1. The van der Waals surface area contributed by atoms with Crippen molar-refractivity contribution in [3.05, 3.63) is 10.7 Å². The summed E-state index contributed by atoms with van der Waals surface area (Å²) in [4.78, 5) is 11.1. The third-order valence-corrected chi connectivity index (χ3v) is 3.84. The topological polar surface area (TPSA) is 53.1 Å². The molecule has 0 saturated carbocycles. The SMILES string of the molecule is CCN1CCCC(Nc2nc(NC)ncc2Br)C1. The van der Waals surface area contributed by atoms with Gasteiger partial charge < -0.3 is 15.5 Å². The van der Waals surface area contributed by atoms with E-state index in [2.05, 4.69) is 48.4 Å². The molecular weight excluding hydrogens is 294 g/mol. The summed E-state index contributed by atoms with van der Waals surface area (Å²) >= 11 is 3.49. The van der Waals surface area contributed by atoms with Crippen LogP contribution < -0.4 is 10.6 Å². The number of nitrogens with zero attached hydrogens (tertiary/aromatic N) is 3. The van der Waals surface area contributed by atoms with Crippen molar-refractivity contribution in [2.45, 2.75) is 25.8 Å². The van der Waals surface area contributed by atoms with Crippen LogP contribution in [0.25, 0.3) is 0 Å². The lowest BCUT2D eigenvalue weighted by atomic mass is 10.1. The fourth-order valence-corrected chi connectivity index (χ4v) is 2.55. The number of hydrogen-bond acceptors (Lipinski definition) is 5. The molecule has 0 aliphatic carbocycles. The van der Waals surface area contributed by atoms with Crippen molar-refractivity contribution in [2.24, 2.45) is 0 Å². The molecule has 1 unspecified atom stereocenters. The Bertz CT molecular complexity index is 398. The van der Waals surface area contributed by atoms with Gasteiger partial charge in [-0.2, -0.15) is 4.98 Å². The number of anilines is 2. The molecule has 0 radical (unpaired) electrons. The fourth-order valence-electron chi connectivity index (χ4n) is 2.24. The molecule has 2 N–H and O–H groups in total. The summed E-state index contributed by atoms with van der Waals surface area (Å²) < 4.78 is 0.912. The second-order valence-corrected chi connectivity index (χ2v) is 5.37. The molecule has 1 saturated heterocycles. The van der Waals surface area contributed by atoms with Gasteiger partial charge in [0.15, 0.2) is 0 Å². The number of nitrogens with one attached hydrogen (secondary N) is 2. The molecule has 2 heterocycles. The highest BCUT2D eigenvalue weighted by atomic mass is 79.9. The van der Waals surface area contributed by atoms with E-state index in [1.807, 2.05) is 7.05 Å². The first kappa shape index (κ1) is 13.5. The van der Waals surface area contributed by atoms with Crippen molar-refractivity contribution in [1.82, 2.24) is 14.9 Å². The Labute approximate surface area is 117 Å². The van der Waals surface area contributed by atoms with Crippen molar-refractivity contribution in [3.63, 3.8) is 0 Å². The Hall–Kier alpha value is -0.880. The molecule has 0 bridgehead atoms. The van der Waals surface area contributed by atoms with Crippen LogP contribution in [0.4, 0.5) is 11.8 Å². The highest BCUT2D eigenvalue weighted by molar-refractivity contribution is 9.10. The lowest BCUT2D eigenvalue weighted by molar-refractivity contribution is 0.226. The summed E-state index contributed by atoms with van der Waals surface area (Å²) in [5.41, 5.74) is 0. The van der Waals surface area contributed by atoms with E-state index < -0.39 is 0 Å². The lowest BCUT2D eigenvalue weighted by Gasteiger charge is -2.32. The van der Waals surface area contributed by atoms with E-state index in [1.54, 1.807) is 6.20 Å². The normalized spacial score (nSPS) is 20.7. The predicted molar refractivity (Wildman–Crippen MR) is 78.0 cm³/mol. The van der Waals surface area contributed by atoms with E-state index in [0.717, 1.165) is 23.4 Å². The van der Waals surface area contributed by atoms with E-state index in [-0.39, 0.29) is 0 Å². The van der Waals surface area contributed by atoms with Gasteiger partial charge in [0.25, 0.3) is 0 Å².